The minimum Gasteiger partial charge on any atom is -0.346 e. The summed E-state index contributed by atoms with van der Waals surface area (Å²) in [6.07, 6.45) is 7.91. The lowest BCUT2D eigenvalue weighted by Gasteiger charge is -1.93. The van der Waals surface area contributed by atoms with E-state index in [0.717, 1.165) is 23.1 Å². The van der Waals surface area contributed by atoms with Crippen molar-refractivity contribution < 1.29 is 0 Å². The van der Waals surface area contributed by atoms with Crippen molar-refractivity contribution in [1.82, 2.24) is 15.3 Å². The van der Waals surface area contributed by atoms with Crippen LogP contribution in [0.1, 0.15) is 5.56 Å². The number of likely N-dealkylation sites (N-methyl/N-ethyl adjacent to an activating group) is 1. The molecule has 14 heavy (non-hydrogen) atoms. The quantitative estimate of drug-likeness (QED) is 0.769. The molecule has 2 aromatic rings. The molecule has 2 N–H and O–H groups in total. The molecule has 0 saturated heterocycles. The van der Waals surface area contributed by atoms with Gasteiger partial charge in [0.05, 0.1) is 0 Å². The molecule has 0 aliphatic rings. The van der Waals surface area contributed by atoms with Crippen molar-refractivity contribution in [3.8, 4) is 0 Å². The van der Waals surface area contributed by atoms with Crippen LogP contribution in [0.3, 0.4) is 0 Å². The molecule has 72 valence electrons. The first kappa shape index (κ1) is 8.97. The summed E-state index contributed by atoms with van der Waals surface area (Å²) in [5.74, 6) is 0. The van der Waals surface area contributed by atoms with E-state index in [1.807, 2.05) is 25.5 Å². The van der Waals surface area contributed by atoms with Crippen LogP contribution in [0.5, 0.6) is 0 Å². The van der Waals surface area contributed by atoms with Crippen LogP contribution in [-0.4, -0.2) is 23.6 Å². The number of fused-ring (bicyclic) bond motifs is 1. The predicted octanol–water partition coefficient (Wildman–Crippen LogP) is 1.80. The molecule has 2 aromatic heterocycles. The molecule has 2 heterocycles. The monoisotopic (exact) mass is 187 g/mol. The lowest BCUT2D eigenvalue weighted by Crippen LogP contribution is -2.03. The number of hydrogen-bond acceptors (Lipinski definition) is 2. The van der Waals surface area contributed by atoms with Crippen molar-refractivity contribution in [3.63, 3.8) is 0 Å². The number of nitrogens with one attached hydrogen (secondary N) is 2. The molecule has 0 unspecified atom stereocenters. The largest absolute Gasteiger partial charge is 0.346 e. The van der Waals surface area contributed by atoms with Gasteiger partial charge < -0.3 is 10.3 Å². The van der Waals surface area contributed by atoms with Crippen LogP contribution < -0.4 is 5.32 Å². The fraction of sp³-hybridized carbons (Fsp3) is 0.182. The molecule has 0 fully saturated rings. The van der Waals surface area contributed by atoms with Crippen LogP contribution in [0, 0.1) is 0 Å². The maximum Gasteiger partial charge on any atom is 0.137 e. The van der Waals surface area contributed by atoms with Gasteiger partial charge in [-0.3, -0.25) is 0 Å². The molecule has 0 aliphatic carbocycles. The molecule has 3 heteroatoms. The molecule has 2 rings (SSSR count). The zero-order chi connectivity index (χ0) is 9.80. The van der Waals surface area contributed by atoms with Crippen molar-refractivity contribution in [2.75, 3.05) is 13.6 Å². The van der Waals surface area contributed by atoms with Crippen LogP contribution in [-0.2, 0) is 0 Å². The van der Waals surface area contributed by atoms with Crippen molar-refractivity contribution in [3.05, 3.63) is 36.2 Å². The third kappa shape index (κ3) is 1.83. The van der Waals surface area contributed by atoms with Crippen molar-refractivity contribution in [1.29, 1.82) is 0 Å². The first-order valence-corrected chi connectivity index (χ1v) is 4.64. The number of H-pyrrole nitrogens is 1. The summed E-state index contributed by atoms with van der Waals surface area (Å²) in [6.45, 7) is 0.880. The van der Waals surface area contributed by atoms with E-state index in [0.29, 0.717) is 0 Å². The molecule has 0 aromatic carbocycles. The molecule has 0 spiro atoms. The van der Waals surface area contributed by atoms with Gasteiger partial charge in [0.1, 0.15) is 5.65 Å². The molecule has 3 nitrogen and oxygen atoms in total. The van der Waals surface area contributed by atoms with E-state index >= 15 is 0 Å². The van der Waals surface area contributed by atoms with Crippen LogP contribution in [0.15, 0.2) is 30.6 Å². The van der Waals surface area contributed by atoms with Gasteiger partial charge in [-0.15, -0.1) is 0 Å². The fourth-order valence-corrected chi connectivity index (χ4v) is 1.36. The van der Waals surface area contributed by atoms with E-state index in [4.69, 9.17) is 0 Å². The van der Waals surface area contributed by atoms with E-state index < -0.39 is 0 Å². The van der Waals surface area contributed by atoms with Gasteiger partial charge in [0.25, 0.3) is 0 Å². The normalized spacial score (nSPS) is 11.5. The zero-order valence-electron chi connectivity index (χ0n) is 8.12. The molecular weight excluding hydrogens is 174 g/mol. The maximum absolute atomic E-state index is 4.29. The lowest BCUT2D eigenvalue weighted by atomic mass is 10.2. The summed E-state index contributed by atoms with van der Waals surface area (Å²) < 4.78 is 0. The van der Waals surface area contributed by atoms with Crippen molar-refractivity contribution in [2.24, 2.45) is 0 Å². The first-order chi connectivity index (χ1) is 6.90. The highest BCUT2D eigenvalue weighted by atomic mass is 14.8. The summed E-state index contributed by atoms with van der Waals surface area (Å²) >= 11 is 0. The summed E-state index contributed by atoms with van der Waals surface area (Å²) in [7, 11) is 1.93. The summed E-state index contributed by atoms with van der Waals surface area (Å²) in [5, 5.41) is 4.21. The van der Waals surface area contributed by atoms with E-state index in [9.17, 15) is 0 Å². The van der Waals surface area contributed by atoms with Crippen LogP contribution in [0.4, 0.5) is 0 Å². The molecule has 0 bridgehead atoms. The second-order valence-corrected chi connectivity index (χ2v) is 3.14. The highest BCUT2D eigenvalue weighted by molar-refractivity contribution is 5.77. The molecule has 0 amide bonds. The number of pyridine rings is 1. The standard InChI is InChI=1S/C11H13N3/c1-12-5-2-3-9-7-10-4-6-13-11(10)14-8-9/h2-4,6-8,12H,5H2,1H3,(H,13,14). The Morgan fingerprint density at radius 2 is 2.50 bits per heavy atom. The van der Waals surface area contributed by atoms with Crippen LogP contribution >= 0.6 is 0 Å². The Bertz CT molecular complexity index is 442. The van der Waals surface area contributed by atoms with Gasteiger partial charge in [0.2, 0.25) is 0 Å². The minimum absolute atomic E-state index is 0.880. The second kappa shape index (κ2) is 4.07. The number of hydrogen-bond donors (Lipinski definition) is 2. The average molecular weight is 187 g/mol. The smallest absolute Gasteiger partial charge is 0.137 e. The third-order valence-corrected chi connectivity index (χ3v) is 2.05. The predicted molar refractivity (Wildman–Crippen MR) is 59.1 cm³/mol. The van der Waals surface area contributed by atoms with Crippen molar-refractivity contribution >= 4 is 17.1 Å². The number of aromatic nitrogens is 2. The van der Waals surface area contributed by atoms with Gasteiger partial charge in [-0.1, -0.05) is 12.2 Å². The first-order valence-electron chi connectivity index (χ1n) is 4.64. The molecular formula is C11H13N3. The summed E-state index contributed by atoms with van der Waals surface area (Å²) in [6, 6.07) is 4.14. The molecule has 0 saturated carbocycles. The molecule has 0 radical (unpaired) electrons. The van der Waals surface area contributed by atoms with Gasteiger partial charge >= 0.3 is 0 Å². The lowest BCUT2D eigenvalue weighted by molar-refractivity contribution is 0.922. The minimum atomic E-state index is 0.880. The third-order valence-electron chi connectivity index (χ3n) is 2.05. The van der Waals surface area contributed by atoms with Crippen molar-refractivity contribution in [2.45, 2.75) is 0 Å². The van der Waals surface area contributed by atoms with Gasteiger partial charge in [-0.2, -0.15) is 0 Å². The van der Waals surface area contributed by atoms with Gasteiger partial charge in [-0.05, 0) is 24.7 Å². The number of aromatic amines is 1. The Labute approximate surface area is 82.9 Å². The highest BCUT2D eigenvalue weighted by Crippen LogP contribution is 2.11. The van der Waals surface area contributed by atoms with Crippen LogP contribution in [0.25, 0.3) is 17.1 Å². The molecule has 0 aliphatic heterocycles. The maximum atomic E-state index is 4.29. The Morgan fingerprint density at radius 3 is 3.36 bits per heavy atom. The second-order valence-electron chi connectivity index (χ2n) is 3.14. The Hall–Kier alpha value is -1.61. The topological polar surface area (TPSA) is 40.7 Å². The summed E-state index contributed by atoms with van der Waals surface area (Å²) in [5.41, 5.74) is 2.07. The zero-order valence-corrected chi connectivity index (χ0v) is 8.12. The van der Waals surface area contributed by atoms with Gasteiger partial charge in [0.15, 0.2) is 0 Å². The highest BCUT2D eigenvalue weighted by Gasteiger charge is 1.94. The number of rotatable bonds is 3. The fourth-order valence-electron chi connectivity index (χ4n) is 1.36. The van der Waals surface area contributed by atoms with Crippen LogP contribution in [0.2, 0.25) is 0 Å². The SMILES string of the molecule is CNCC=Cc1cnc2[nH]ccc2c1. The van der Waals surface area contributed by atoms with Gasteiger partial charge in [-0.25, -0.2) is 4.98 Å². The average Bonchev–Trinajstić information content (AvgIpc) is 2.65. The molecule has 0 atom stereocenters. The Morgan fingerprint density at radius 1 is 1.57 bits per heavy atom. The van der Waals surface area contributed by atoms with E-state index in [1.165, 1.54) is 0 Å². The summed E-state index contributed by atoms with van der Waals surface area (Å²) in [4.78, 5) is 7.36. The van der Waals surface area contributed by atoms with E-state index in [2.05, 4.69) is 33.5 Å². The number of nitrogens with zero attached hydrogens (tertiary/aromatic N) is 1. The Balaban J connectivity index is 2.25. The Kier molecular flexibility index (Phi) is 2.60. The van der Waals surface area contributed by atoms with Gasteiger partial charge in [0, 0.05) is 24.3 Å². The van der Waals surface area contributed by atoms with E-state index in [1.54, 1.807) is 0 Å². The van der Waals surface area contributed by atoms with E-state index in [-0.39, 0.29) is 0 Å².